The number of pyridine rings is 2. The number of nitrogens with one attached hydrogen (secondary N) is 2. The van der Waals surface area contributed by atoms with Gasteiger partial charge in [-0.3, -0.25) is 14.6 Å². The SMILES string of the molecule is O=C(Nc1cn(-c2cccnc2)nc1C(=O)NC1CC1)c1cccc(-c2ccnn2C2CCCCO2)n1. The summed E-state index contributed by atoms with van der Waals surface area (Å²) in [5, 5.41) is 14.6. The number of anilines is 1. The molecule has 1 atom stereocenters. The molecule has 2 fully saturated rings. The maximum absolute atomic E-state index is 13.3. The second kappa shape index (κ2) is 9.94. The lowest BCUT2D eigenvalue weighted by Gasteiger charge is -2.24. The van der Waals surface area contributed by atoms with Crippen LogP contribution in [0.5, 0.6) is 0 Å². The van der Waals surface area contributed by atoms with Gasteiger partial charge >= 0.3 is 0 Å². The number of amides is 2. The first-order valence-corrected chi connectivity index (χ1v) is 12.4. The number of aromatic nitrogens is 6. The lowest BCUT2D eigenvalue weighted by atomic mass is 10.2. The summed E-state index contributed by atoms with van der Waals surface area (Å²) in [6, 6.07) is 10.8. The highest BCUT2D eigenvalue weighted by Crippen LogP contribution is 2.28. The van der Waals surface area contributed by atoms with Gasteiger partial charge in [-0.15, -0.1) is 0 Å². The van der Waals surface area contributed by atoms with Crippen LogP contribution in [0.15, 0.2) is 61.2 Å². The molecule has 1 saturated heterocycles. The van der Waals surface area contributed by atoms with Crippen molar-refractivity contribution in [2.24, 2.45) is 0 Å². The smallest absolute Gasteiger partial charge is 0.274 e. The Balaban J connectivity index is 1.27. The highest BCUT2D eigenvalue weighted by Gasteiger charge is 2.28. The van der Waals surface area contributed by atoms with Gasteiger partial charge in [-0.25, -0.2) is 14.3 Å². The van der Waals surface area contributed by atoms with Crippen LogP contribution in [0.3, 0.4) is 0 Å². The third kappa shape index (κ3) is 4.98. The van der Waals surface area contributed by atoms with E-state index in [1.54, 1.807) is 43.0 Å². The van der Waals surface area contributed by atoms with Crippen LogP contribution >= 0.6 is 0 Å². The van der Waals surface area contributed by atoms with Crippen molar-refractivity contribution in [1.29, 1.82) is 0 Å². The van der Waals surface area contributed by atoms with Crippen LogP contribution in [0.2, 0.25) is 0 Å². The quantitative estimate of drug-likeness (QED) is 0.400. The zero-order chi connectivity index (χ0) is 25.2. The summed E-state index contributed by atoms with van der Waals surface area (Å²) in [4.78, 5) is 34.9. The molecule has 188 valence electrons. The molecular weight excluding hydrogens is 472 g/mol. The molecule has 0 spiro atoms. The van der Waals surface area contributed by atoms with E-state index in [-0.39, 0.29) is 29.6 Å². The van der Waals surface area contributed by atoms with Crippen LogP contribution in [-0.2, 0) is 4.74 Å². The van der Waals surface area contributed by atoms with E-state index in [0.717, 1.165) is 37.8 Å². The van der Waals surface area contributed by atoms with Crippen molar-refractivity contribution in [2.45, 2.75) is 44.4 Å². The van der Waals surface area contributed by atoms with Crippen molar-refractivity contribution >= 4 is 17.5 Å². The molecule has 11 heteroatoms. The lowest BCUT2D eigenvalue weighted by molar-refractivity contribution is -0.0384. The second-order valence-electron chi connectivity index (χ2n) is 9.14. The van der Waals surface area contributed by atoms with Gasteiger partial charge in [0, 0.05) is 25.0 Å². The molecule has 1 aliphatic carbocycles. The van der Waals surface area contributed by atoms with Crippen LogP contribution in [0.4, 0.5) is 5.69 Å². The second-order valence-corrected chi connectivity index (χ2v) is 9.14. The summed E-state index contributed by atoms with van der Waals surface area (Å²) in [7, 11) is 0. The summed E-state index contributed by atoms with van der Waals surface area (Å²) in [6.07, 6.45) is 11.3. The molecule has 2 aliphatic rings. The lowest BCUT2D eigenvalue weighted by Crippen LogP contribution is -2.27. The first kappa shape index (κ1) is 23.0. The van der Waals surface area contributed by atoms with Gasteiger partial charge in [-0.1, -0.05) is 6.07 Å². The Morgan fingerprint density at radius 2 is 1.92 bits per heavy atom. The number of carbonyl (C=O) groups excluding carboxylic acids is 2. The zero-order valence-corrected chi connectivity index (χ0v) is 20.1. The number of hydrogen-bond acceptors (Lipinski definition) is 7. The van der Waals surface area contributed by atoms with Gasteiger partial charge < -0.3 is 15.4 Å². The third-order valence-corrected chi connectivity index (χ3v) is 6.34. The molecule has 5 heterocycles. The number of rotatable bonds is 7. The molecule has 1 unspecified atom stereocenters. The molecule has 0 radical (unpaired) electrons. The Hall–Kier alpha value is -4.38. The molecule has 4 aromatic heterocycles. The van der Waals surface area contributed by atoms with Gasteiger partial charge in [-0.2, -0.15) is 10.2 Å². The highest BCUT2D eigenvalue weighted by atomic mass is 16.5. The van der Waals surface area contributed by atoms with Crippen molar-refractivity contribution in [2.75, 3.05) is 11.9 Å². The molecule has 11 nitrogen and oxygen atoms in total. The Morgan fingerprint density at radius 1 is 1.00 bits per heavy atom. The number of hydrogen-bond donors (Lipinski definition) is 2. The Labute approximate surface area is 212 Å². The van der Waals surface area contributed by atoms with Crippen molar-refractivity contribution < 1.29 is 14.3 Å². The number of carbonyl (C=O) groups is 2. The molecule has 6 rings (SSSR count). The van der Waals surface area contributed by atoms with Crippen LogP contribution < -0.4 is 10.6 Å². The van der Waals surface area contributed by atoms with Gasteiger partial charge in [0.05, 0.1) is 35.2 Å². The largest absolute Gasteiger partial charge is 0.356 e. The average molecular weight is 499 g/mol. The van der Waals surface area contributed by atoms with Gasteiger partial charge in [0.1, 0.15) is 5.69 Å². The maximum atomic E-state index is 13.3. The number of ether oxygens (including phenoxy) is 1. The number of nitrogens with zero attached hydrogens (tertiary/aromatic N) is 6. The first-order valence-electron chi connectivity index (χ1n) is 12.4. The molecule has 1 aliphatic heterocycles. The molecule has 0 aromatic carbocycles. The summed E-state index contributed by atoms with van der Waals surface area (Å²) in [6.45, 7) is 0.698. The van der Waals surface area contributed by atoms with Gasteiger partial charge in [0.2, 0.25) is 0 Å². The fourth-order valence-electron chi connectivity index (χ4n) is 4.29. The van der Waals surface area contributed by atoms with E-state index in [2.05, 4.69) is 30.8 Å². The maximum Gasteiger partial charge on any atom is 0.274 e. The first-order chi connectivity index (χ1) is 18.2. The minimum atomic E-state index is -0.451. The van der Waals surface area contributed by atoms with E-state index in [4.69, 9.17) is 4.74 Å². The van der Waals surface area contributed by atoms with E-state index < -0.39 is 5.91 Å². The topological polar surface area (TPSA) is 129 Å². The van der Waals surface area contributed by atoms with E-state index in [1.807, 2.05) is 22.9 Å². The third-order valence-electron chi connectivity index (χ3n) is 6.34. The Bertz CT molecular complexity index is 1420. The summed E-state index contributed by atoms with van der Waals surface area (Å²) < 4.78 is 9.23. The van der Waals surface area contributed by atoms with Crippen molar-refractivity contribution in [1.82, 2.24) is 34.8 Å². The van der Waals surface area contributed by atoms with Crippen molar-refractivity contribution in [3.05, 3.63) is 72.6 Å². The predicted octanol–water partition coefficient (Wildman–Crippen LogP) is 3.37. The zero-order valence-electron chi connectivity index (χ0n) is 20.1. The molecule has 4 aromatic rings. The van der Waals surface area contributed by atoms with Crippen LogP contribution in [-0.4, -0.2) is 54.0 Å². The van der Waals surface area contributed by atoms with E-state index >= 15 is 0 Å². The standard InChI is InChI=1S/C26H26N8O3/c35-25(20-7-3-6-19(30-20)22-11-13-28-34(22)23-8-1-2-14-37-23)31-21-16-33(18-5-4-12-27-15-18)32-24(21)26(36)29-17-9-10-17/h3-7,11-13,15-17,23H,1-2,8-10,14H2,(H,29,36)(H,31,35). The fraction of sp³-hybridized carbons (Fsp3) is 0.308. The van der Waals surface area contributed by atoms with Crippen LogP contribution in [0.1, 0.15) is 59.3 Å². The molecule has 2 N–H and O–H groups in total. The Kier molecular flexibility index (Phi) is 6.19. The minimum Gasteiger partial charge on any atom is -0.356 e. The molecule has 37 heavy (non-hydrogen) atoms. The monoisotopic (exact) mass is 498 g/mol. The molecular formula is C26H26N8O3. The molecule has 2 amide bonds. The normalized spacial score (nSPS) is 17.4. The highest BCUT2D eigenvalue weighted by molar-refractivity contribution is 6.07. The van der Waals surface area contributed by atoms with Crippen LogP contribution in [0.25, 0.3) is 17.1 Å². The van der Waals surface area contributed by atoms with E-state index in [0.29, 0.717) is 23.7 Å². The average Bonchev–Trinajstić information content (AvgIpc) is 3.44. The summed E-state index contributed by atoms with van der Waals surface area (Å²) in [5.41, 5.74) is 2.68. The van der Waals surface area contributed by atoms with Gasteiger partial charge in [-0.05, 0) is 62.4 Å². The Morgan fingerprint density at radius 3 is 2.70 bits per heavy atom. The molecule has 0 bridgehead atoms. The molecule has 1 saturated carbocycles. The minimum absolute atomic E-state index is 0.132. The summed E-state index contributed by atoms with van der Waals surface area (Å²) in [5.74, 6) is -0.786. The predicted molar refractivity (Wildman–Crippen MR) is 134 cm³/mol. The van der Waals surface area contributed by atoms with Gasteiger partial charge in [0.25, 0.3) is 11.8 Å². The fourth-order valence-corrected chi connectivity index (χ4v) is 4.29. The van der Waals surface area contributed by atoms with Crippen molar-refractivity contribution in [3.63, 3.8) is 0 Å². The van der Waals surface area contributed by atoms with Crippen molar-refractivity contribution in [3.8, 4) is 17.1 Å². The summed E-state index contributed by atoms with van der Waals surface area (Å²) >= 11 is 0. The van der Waals surface area contributed by atoms with E-state index in [1.165, 1.54) is 4.68 Å². The van der Waals surface area contributed by atoms with Crippen LogP contribution in [0, 0.1) is 0 Å². The van der Waals surface area contributed by atoms with E-state index in [9.17, 15) is 9.59 Å². The van der Waals surface area contributed by atoms with Gasteiger partial charge in [0.15, 0.2) is 11.9 Å².